The molecule has 2 fully saturated rings. The first kappa shape index (κ1) is 21.4. The van der Waals surface area contributed by atoms with Crippen LogP contribution in [0.4, 0.5) is 0 Å². The number of ether oxygens (including phenoxy) is 2. The Balaban J connectivity index is 1.47. The van der Waals surface area contributed by atoms with Crippen molar-refractivity contribution in [2.45, 2.75) is 25.7 Å². The van der Waals surface area contributed by atoms with Crippen molar-refractivity contribution in [3.63, 3.8) is 0 Å². The van der Waals surface area contributed by atoms with Gasteiger partial charge in [-0.2, -0.15) is 5.06 Å². The zero-order valence-corrected chi connectivity index (χ0v) is 17.3. The molecule has 0 aliphatic carbocycles. The highest BCUT2D eigenvalue weighted by molar-refractivity contribution is 5.95. The predicted molar refractivity (Wildman–Crippen MR) is 108 cm³/mol. The van der Waals surface area contributed by atoms with Gasteiger partial charge in [-0.1, -0.05) is 0 Å². The third kappa shape index (κ3) is 6.08. The first-order valence-electron chi connectivity index (χ1n) is 10.3. The van der Waals surface area contributed by atoms with Gasteiger partial charge in [-0.25, -0.2) is 0 Å². The molecule has 0 spiro atoms. The van der Waals surface area contributed by atoms with Crippen LogP contribution in [0.25, 0.3) is 0 Å². The number of piperidine rings is 1. The molecule has 0 bridgehead atoms. The number of methoxy groups -OCH3 is 2. The summed E-state index contributed by atoms with van der Waals surface area (Å²) in [6, 6.07) is 5.11. The average Bonchev–Trinajstić information content (AvgIpc) is 3.29. The number of carbonyl (C=O) groups is 2. The van der Waals surface area contributed by atoms with Gasteiger partial charge in [-0.05, 0) is 37.3 Å². The third-order valence-corrected chi connectivity index (χ3v) is 5.44. The van der Waals surface area contributed by atoms with E-state index in [0.29, 0.717) is 43.1 Å². The van der Waals surface area contributed by atoms with E-state index in [2.05, 4.69) is 5.32 Å². The fourth-order valence-corrected chi connectivity index (χ4v) is 3.79. The Bertz CT molecular complexity index is 683. The van der Waals surface area contributed by atoms with Gasteiger partial charge in [-0.15, -0.1) is 0 Å². The molecule has 2 aliphatic rings. The van der Waals surface area contributed by atoms with Crippen LogP contribution in [0.15, 0.2) is 18.2 Å². The van der Waals surface area contributed by atoms with E-state index < -0.39 is 0 Å². The highest BCUT2D eigenvalue weighted by Crippen LogP contribution is 2.23. The molecule has 8 nitrogen and oxygen atoms in total. The largest absolute Gasteiger partial charge is 0.497 e. The standard InChI is InChI=1S/C21H31N3O5/c1-27-18-11-17(12-19(13-18)28-2)21(26)22-14-16-5-3-7-23(15-16)20(25)6-9-24-8-4-10-29-24/h11-13,16H,3-10,14-15H2,1-2H3,(H,22,26)/t16-/m0/s1. The molecule has 2 saturated heterocycles. The van der Waals surface area contributed by atoms with E-state index >= 15 is 0 Å². The Hall–Kier alpha value is -2.32. The minimum atomic E-state index is -0.170. The highest BCUT2D eigenvalue weighted by atomic mass is 16.7. The fraction of sp³-hybridized carbons (Fsp3) is 0.619. The Labute approximate surface area is 172 Å². The first-order valence-corrected chi connectivity index (χ1v) is 10.3. The second kappa shape index (κ2) is 10.5. The van der Waals surface area contributed by atoms with Crippen LogP contribution in [-0.2, 0) is 9.63 Å². The molecule has 0 saturated carbocycles. The number of likely N-dealkylation sites (tertiary alicyclic amines) is 1. The molecule has 3 rings (SSSR count). The summed E-state index contributed by atoms with van der Waals surface area (Å²) in [5.74, 6) is 1.40. The van der Waals surface area contributed by atoms with Gasteiger partial charge in [0.25, 0.3) is 5.91 Å². The number of nitrogens with zero attached hydrogens (tertiary/aromatic N) is 2. The van der Waals surface area contributed by atoms with Crippen LogP contribution >= 0.6 is 0 Å². The van der Waals surface area contributed by atoms with Crippen LogP contribution in [0.2, 0.25) is 0 Å². The molecule has 8 heteroatoms. The summed E-state index contributed by atoms with van der Waals surface area (Å²) in [5.41, 5.74) is 0.496. The molecule has 1 aromatic rings. The summed E-state index contributed by atoms with van der Waals surface area (Å²) >= 11 is 0. The van der Waals surface area contributed by atoms with E-state index in [0.717, 1.165) is 39.0 Å². The molecule has 2 aliphatic heterocycles. The summed E-state index contributed by atoms with van der Waals surface area (Å²) in [6.07, 6.45) is 3.46. The van der Waals surface area contributed by atoms with Crippen molar-refractivity contribution < 1.29 is 23.9 Å². The van der Waals surface area contributed by atoms with Gasteiger partial charge in [-0.3, -0.25) is 14.4 Å². The lowest BCUT2D eigenvalue weighted by atomic mass is 9.97. The van der Waals surface area contributed by atoms with E-state index in [1.165, 1.54) is 0 Å². The molecule has 2 heterocycles. The zero-order valence-electron chi connectivity index (χ0n) is 17.3. The summed E-state index contributed by atoms with van der Waals surface area (Å²) < 4.78 is 10.5. The Kier molecular flexibility index (Phi) is 7.71. The fourth-order valence-electron chi connectivity index (χ4n) is 3.79. The van der Waals surface area contributed by atoms with E-state index in [-0.39, 0.29) is 17.7 Å². The van der Waals surface area contributed by atoms with Gasteiger partial charge >= 0.3 is 0 Å². The molecular formula is C21H31N3O5. The van der Waals surface area contributed by atoms with Gasteiger partial charge in [0, 0.05) is 50.8 Å². The number of hydroxylamine groups is 2. The lowest BCUT2D eigenvalue weighted by Gasteiger charge is -2.33. The van der Waals surface area contributed by atoms with Crippen LogP contribution in [0.3, 0.4) is 0 Å². The van der Waals surface area contributed by atoms with E-state index in [1.54, 1.807) is 32.4 Å². The van der Waals surface area contributed by atoms with E-state index in [4.69, 9.17) is 14.3 Å². The second-order valence-electron chi connectivity index (χ2n) is 7.53. The number of amides is 2. The lowest BCUT2D eigenvalue weighted by molar-refractivity contribution is -0.140. The van der Waals surface area contributed by atoms with Crippen LogP contribution in [0.5, 0.6) is 11.5 Å². The molecule has 0 unspecified atom stereocenters. The maximum absolute atomic E-state index is 12.6. The van der Waals surface area contributed by atoms with Crippen LogP contribution in [0, 0.1) is 5.92 Å². The Morgan fingerprint density at radius 2 is 1.90 bits per heavy atom. The van der Waals surface area contributed by atoms with Gasteiger partial charge < -0.3 is 19.7 Å². The number of carbonyl (C=O) groups excluding carboxylic acids is 2. The Morgan fingerprint density at radius 3 is 2.55 bits per heavy atom. The van der Waals surface area contributed by atoms with Gasteiger partial charge in [0.15, 0.2) is 0 Å². The Morgan fingerprint density at radius 1 is 1.14 bits per heavy atom. The molecular weight excluding hydrogens is 374 g/mol. The number of nitrogens with one attached hydrogen (secondary N) is 1. The maximum Gasteiger partial charge on any atom is 0.251 e. The highest BCUT2D eigenvalue weighted by Gasteiger charge is 2.25. The van der Waals surface area contributed by atoms with Crippen molar-refractivity contribution in [3.8, 4) is 11.5 Å². The quantitative estimate of drug-likeness (QED) is 0.709. The average molecular weight is 405 g/mol. The molecule has 0 radical (unpaired) electrons. The van der Waals surface area contributed by atoms with E-state index in [9.17, 15) is 9.59 Å². The number of hydrogen-bond donors (Lipinski definition) is 1. The monoisotopic (exact) mass is 405 g/mol. The topological polar surface area (TPSA) is 80.3 Å². The van der Waals surface area contributed by atoms with Gasteiger partial charge in [0.05, 0.1) is 20.8 Å². The number of hydrogen-bond acceptors (Lipinski definition) is 6. The normalized spacial score (nSPS) is 19.8. The minimum absolute atomic E-state index is 0.161. The van der Waals surface area contributed by atoms with Crippen molar-refractivity contribution in [1.82, 2.24) is 15.3 Å². The summed E-state index contributed by atoms with van der Waals surface area (Å²) in [6.45, 7) is 4.31. The zero-order chi connectivity index (χ0) is 20.6. The molecule has 2 amide bonds. The summed E-state index contributed by atoms with van der Waals surface area (Å²) in [5, 5.41) is 4.87. The van der Waals surface area contributed by atoms with Crippen molar-refractivity contribution in [2.24, 2.45) is 5.92 Å². The molecule has 1 N–H and O–H groups in total. The molecule has 0 aromatic heterocycles. The second-order valence-corrected chi connectivity index (χ2v) is 7.53. The summed E-state index contributed by atoms with van der Waals surface area (Å²) in [4.78, 5) is 32.5. The third-order valence-electron chi connectivity index (χ3n) is 5.44. The van der Waals surface area contributed by atoms with Crippen molar-refractivity contribution in [1.29, 1.82) is 0 Å². The van der Waals surface area contributed by atoms with Crippen molar-refractivity contribution in [2.75, 3.05) is 53.6 Å². The molecule has 29 heavy (non-hydrogen) atoms. The predicted octanol–water partition coefficient (Wildman–Crippen LogP) is 1.70. The first-order chi connectivity index (χ1) is 14.1. The van der Waals surface area contributed by atoms with Gasteiger partial charge in [0.1, 0.15) is 11.5 Å². The molecule has 1 aromatic carbocycles. The molecule has 1 atom stereocenters. The smallest absolute Gasteiger partial charge is 0.251 e. The van der Waals surface area contributed by atoms with Crippen LogP contribution in [-0.4, -0.2) is 75.3 Å². The van der Waals surface area contributed by atoms with Gasteiger partial charge in [0.2, 0.25) is 5.91 Å². The van der Waals surface area contributed by atoms with Crippen LogP contribution in [0.1, 0.15) is 36.0 Å². The van der Waals surface area contributed by atoms with Crippen molar-refractivity contribution in [3.05, 3.63) is 23.8 Å². The van der Waals surface area contributed by atoms with E-state index in [1.807, 2.05) is 9.96 Å². The number of rotatable bonds is 8. The SMILES string of the molecule is COc1cc(OC)cc(C(=O)NC[C@@H]2CCCN(C(=O)CCN3CCCO3)C2)c1. The maximum atomic E-state index is 12.6. The lowest BCUT2D eigenvalue weighted by Crippen LogP contribution is -2.44. The molecule has 160 valence electrons. The van der Waals surface area contributed by atoms with Crippen LogP contribution < -0.4 is 14.8 Å². The van der Waals surface area contributed by atoms with Crippen molar-refractivity contribution >= 4 is 11.8 Å². The summed E-state index contributed by atoms with van der Waals surface area (Å²) in [7, 11) is 3.11. The minimum Gasteiger partial charge on any atom is -0.497 e. The number of benzene rings is 1.